The van der Waals surface area contributed by atoms with Gasteiger partial charge >= 0.3 is 0 Å². The molecule has 1 aliphatic rings. The van der Waals surface area contributed by atoms with E-state index < -0.39 is 0 Å². The standard InChI is InChI=1S/C13H18FNO/c1-8(2)13(3)7-11(15)10-5-4-9(14)6-12(10)16-13/h4-6,8,11H,7,15H2,1-3H3/t11-,13?/m0/s1. The third kappa shape index (κ3) is 1.80. The van der Waals surface area contributed by atoms with Crippen LogP contribution in [0.4, 0.5) is 4.39 Å². The molecule has 0 radical (unpaired) electrons. The van der Waals surface area contributed by atoms with Crippen molar-refractivity contribution in [2.24, 2.45) is 11.7 Å². The van der Waals surface area contributed by atoms with E-state index in [9.17, 15) is 4.39 Å². The van der Waals surface area contributed by atoms with Gasteiger partial charge in [-0.05, 0) is 18.9 Å². The van der Waals surface area contributed by atoms with Gasteiger partial charge in [-0.3, -0.25) is 0 Å². The first-order chi connectivity index (χ1) is 7.42. The summed E-state index contributed by atoms with van der Waals surface area (Å²) in [6.07, 6.45) is 0.767. The molecule has 88 valence electrons. The average Bonchev–Trinajstić information content (AvgIpc) is 2.16. The van der Waals surface area contributed by atoms with Gasteiger partial charge < -0.3 is 10.5 Å². The lowest BCUT2D eigenvalue weighted by molar-refractivity contribution is 0.0105. The fourth-order valence-corrected chi connectivity index (χ4v) is 2.10. The van der Waals surface area contributed by atoms with Gasteiger partial charge in [0.25, 0.3) is 0 Å². The van der Waals surface area contributed by atoms with Crippen LogP contribution in [-0.2, 0) is 0 Å². The van der Waals surface area contributed by atoms with E-state index in [-0.39, 0.29) is 17.5 Å². The Morgan fingerprint density at radius 1 is 1.50 bits per heavy atom. The van der Waals surface area contributed by atoms with Crippen LogP contribution in [0.2, 0.25) is 0 Å². The molecule has 2 nitrogen and oxygen atoms in total. The van der Waals surface area contributed by atoms with Crippen LogP contribution in [0.25, 0.3) is 0 Å². The first-order valence-corrected chi connectivity index (χ1v) is 5.66. The fraction of sp³-hybridized carbons (Fsp3) is 0.538. The number of hydrogen-bond acceptors (Lipinski definition) is 2. The lowest BCUT2D eigenvalue weighted by atomic mass is 9.81. The number of rotatable bonds is 1. The van der Waals surface area contributed by atoms with Crippen LogP contribution in [0.5, 0.6) is 5.75 Å². The summed E-state index contributed by atoms with van der Waals surface area (Å²) in [5.41, 5.74) is 6.70. The van der Waals surface area contributed by atoms with Crippen LogP contribution in [0, 0.1) is 11.7 Å². The highest BCUT2D eigenvalue weighted by Crippen LogP contribution is 2.41. The second-order valence-corrected chi connectivity index (χ2v) is 5.06. The van der Waals surface area contributed by atoms with Gasteiger partial charge in [0.15, 0.2) is 0 Å². The highest BCUT2D eigenvalue weighted by molar-refractivity contribution is 5.39. The molecule has 0 spiro atoms. The number of hydrogen-bond donors (Lipinski definition) is 1. The molecule has 0 bridgehead atoms. The van der Waals surface area contributed by atoms with E-state index in [1.807, 2.05) is 6.92 Å². The lowest BCUT2D eigenvalue weighted by Gasteiger charge is -2.41. The van der Waals surface area contributed by atoms with Gasteiger partial charge in [-0.1, -0.05) is 19.9 Å². The maximum atomic E-state index is 13.2. The topological polar surface area (TPSA) is 35.2 Å². The lowest BCUT2D eigenvalue weighted by Crippen LogP contribution is -2.44. The summed E-state index contributed by atoms with van der Waals surface area (Å²) in [7, 11) is 0. The number of ether oxygens (including phenoxy) is 1. The predicted octanol–water partition coefficient (Wildman–Crippen LogP) is 3.02. The van der Waals surface area contributed by atoms with Crippen molar-refractivity contribution in [1.82, 2.24) is 0 Å². The number of benzene rings is 1. The van der Waals surface area contributed by atoms with Crippen molar-refractivity contribution in [3.05, 3.63) is 29.6 Å². The van der Waals surface area contributed by atoms with Crippen molar-refractivity contribution in [3.63, 3.8) is 0 Å². The fourth-order valence-electron chi connectivity index (χ4n) is 2.10. The van der Waals surface area contributed by atoms with E-state index in [0.717, 1.165) is 12.0 Å². The van der Waals surface area contributed by atoms with Crippen molar-refractivity contribution in [3.8, 4) is 5.75 Å². The summed E-state index contributed by atoms with van der Waals surface area (Å²) in [6, 6.07) is 4.50. The Hall–Kier alpha value is -1.09. The van der Waals surface area contributed by atoms with E-state index in [0.29, 0.717) is 11.7 Å². The van der Waals surface area contributed by atoms with Crippen LogP contribution in [0.1, 0.15) is 38.8 Å². The monoisotopic (exact) mass is 223 g/mol. The molecule has 2 N–H and O–H groups in total. The van der Waals surface area contributed by atoms with Crippen LogP contribution in [0.3, 0.4) is 0 Å². The van der Waals surface area contributed by atoms with Crippen LogP contribution < -0.4 is 10.5 Å². The Kier molecular flexibility index (Phi) is 2.66. The minimum absolute atomic E-state index is 0.0725. The molecule has 1 unspecified atom stereocenters. The van der Waals surface area contributed by atoms with Crippen molar-refractivity contribution >= 4 is 0 Å². The molecular formula is C13H18FNO. The summed E-state index contributed by atoms with van der Waals surface area (Å²) >= 11 is 0. The molecule has 0 aromatic heterocycles. The van der Waals surface area contributed by atoms with Gasteiger partial charge in [0.2, 0.25) is 0 Å². The Morgan fingerprint density at radius 2 is 2.19 bits per heavy atom. The molecule has 2 rings (SSSR count). The zero-order chi connectivity index (χ0) is 11.9. The maximum absolute atomic E-state index is 13.2. The van der Waals surface area contributed by atoms with E-state index in [4.69, 9.17) is 10.5 Å². The minimum atomic E-state index is -0.305. The Morgan fingerprint density at radius 3 is 2.81 bits per heavy atom. The number of fused-ring (bicyclic) bond motifs is 1. The van der Waals surface area contributed by atoms with E-state index in [1.54, 1.807) is 6.07 Å². The molecule has 0 aliphatic carbocycles. The second kappa shape index (κ2) is 3.74. The second-order valence-electron chi connectivity index (χ2n) is 5.06. The number of nitrogens with two attached hydrogens (primary N) is 1. The molecule has 1 heterocycles. The van der Waals surface area contributed by atoms with Crippen molar-refractivity contribution in [2.75, 3.05) is 0 Å². The minimum Gasteiger partial charge on any atom is -0.487 e. The molecule has 16 heavy (non-hydrogen) atoms. The third-order valence-electron chi connectivity index (χ3n) is 3.56. The Bertz CT molecular complexity index is 405. The van der Waals surface area contributed by atoms with Crippen LogP contribution >= 0.6 is 0 Å². The molecule has 1 aromatic carbocycles. The zero-order valence-electron chi connectivity index (χ0n) is 9.96. The Labute approximate surface area is 95.6 Å². The largest absolute Gasteiger partial charge is 0.487 e. The van der Waals surface area contributed by atoms with Gasteiger partial charge in [-0.25, -0.2) is 4.39 Å². The molecular weight excluding hydrogens is 205 g/mol. The normalized spacial score (nSPS) is 28.8. The summed E-state index contributed by atoms with van der Waals surface area (Å²) < 4.78 is 19.1. The molecule has 3 heteroatoms. The van der Waals surface area contributed by atoms with E-state index in [2.05, 4.69) is 13.8 Å². The maximum Gasteiger partial charge on any atom is 0.127 e. The van der Waals surface area contributed by atoms with Crippen LogP contribution in [0.15, 0.2) is 18.2 Å². The predicted molar refractivity (Wildman–Crippen MR) is 61.8 cm³/mol. The third-order valence-corrected chi connectivity index (χ3v) is 3.56. The molecule has 1 aliphatic heterocycles. The highest BCUT2D eigenvalue weighted by atomic mass is 19.1. The molecule has 1 aromatic rings. The van der Waals surface area contributed by atoms with Crippen molar-refractivity contribution in [1.29, 1.82) is 0 Å². The molecule has 0 saturated carbocycles. The first-order valence-electron chi connectivity index (χ1n) is 5.66. The van der Waals surface area contributed by atoms with Gasteiger partial charge in [0, 0.05) is 24.1 Å². The van der Waals surface area contributed by atoms with Crippen molar-refractivity contribution in [2.45, 2.75) is 38.8 Å². The SMILES string of the molecule is CC(C)C1(C)C[C@H](N)c2ccc(F)cc2O1. The van der Waals surface area contributed by atoms with Crippen LogP contribution in [-0.4, -0.2) is 5.60 Å². The van der Waals surface area contributed by atoms with Gasteiger partial charge in [-0.15, -0.1) is 0 Å². The van der Waals surface area contributed by atoms with E-state index in [1.165, 1.54) is 12.1 Å². The summed E-state index contributed by atoms with van der Waals surface area (Å²) in [6.45, 7) is 6.22. The molecule has 0 saturated heterocycles. The van der Waals surface area contributed by atoms with Gasteiger partial charge in [0.1, 0.15) is 17.2 Å². The average molecular weight is 223 g/mol. The highest BCUT2D eigenvalue weighted by Gasteiger charge is 2.38. The Balaban J connectivity index is 2.42. The summed E-state index contributed by atoms with van der Waals surface area (Å²) in [5.74, 6) is 0.656. The smallest absolute Gasteiger partial charge is 0.127 e. The molecule has 2 atom stereocenters. The zero-order valence-corrected chi connectivity index (χ0v) is 9.96. The quantitative estimate of drug-likeness (QED) is 0.794. The summed E-state index contributed by atoms with van der Waals surface area (Å²) in [4.78, 5) is 0. The van der Waals surface area contributed by atoms with Gasteiger partial charge in [-0.2, -0.15) is 0 Å². The first kappa shape index (κ1) is 11.4. The molecule has 0 amide bonds. The van der Waals surface area contributed by atoms with E-state index >= 15 is 0 Å². The molecule has 0 fully saturated rings. The van der Waals surface area contributed by atoms with Crippen molar-refractivity contribution < 1.29 is 9.13 Å². The van der Waals surface area contributed by atoms with Gasteiger partial charge in [0.05, 0.1) is 0 Å². The number of halogens is 1. The summed E-state index contributed by atoms with van der Waals surface area (Å²) in [5, 5.41) is 0.